The molecular formula is C13H15FO5S. The normalized spacial score (nSPS) is 22.9. The third-order valence-electron chi connectivity index (χ3n) is 3.40. The molecule has 2 rings (SSSR count). The van der Waals surface area contributed by atoms with E-state index < -0.39 is 32.4 Å². The number of hydrogen-bond donors (Lipinski definition) is 1. The van der Waals surface area contributed by atoms with Crippen molar-refractivity contribution in [1.29, 1.82) is 0 Å². The van der Waals surface area contributed by atoms with Crippen molar-refractivity contribution in [2.45, 2.75) is 30.5 Å². The number of hydrogen-bond acceptors (Lipinski definition) is 4. The molecule has 0 aromatic heterocycles. The summed E-state index contributed by atoms with van der Waals surface area (Å²) in [6.07, 6.45) is 0.0577. The van der Waals surface area contributed by atoms with Crippen molar-refractivity contribution in [2.75, 3.05) is 6.61 Å². The van der Waals surface area contributed by atoms with Gasteiger partial charge in [0.1, 0.15) is 5.82 Å². The number of carboxylic acids is 1. The molecule has 0 bridgehead atoms. The second-order valence-corrected chi connectivity index (χ2v) is 7.05. The first-order valence-electron chi connectivity index (χ1n) is 6.16. The Hall–Kier alpha value is -1.47. The van der Waals surface area contributed by atoms with Crippen LogP contribution in [0.15, 0.2) is 18.2 Å². The van der Waals surface area contributed by atoms with Gasteiger partial charge in [-0.2, -0.15) is 0 Å². The van der Waals surface area contributed by atoms with E-state index in [1.54, 1.807) is 6.92 Å². The van der Waals surface area contributed by atoms with Crippen LogP contribution in [0.4, 0.5) is 4.39 Å². The first kappa shape index (κ1) is 14.9. The zero-order valence-corrected chi connectivity index (χ0v) is 11.7. The van der Waals surface area contributed by atoms with Gasteiger partial charge in [-0.05, 0) is 31.0 Å². The number of rotatable bonds is 4. The number of benzene rings is 1. The Morgan fingerprint density at radius 2 is 2.20 bits per heavy atom. The van der Waals surface area contributed by atoms with Crippen molar-refractivity contribution in [3.8, 4) is 0 Å². The molecule has 1 saturated heterocycles. The van der Waals surface area contributed by atoms with Gasteiger partial charge in [0.15, 0.2) is 9.84 Å². The van der Waals surface area contributed by atoms with E-state index in [1.165, 1.54) is 6.07 Å². The lowest BCUT2D eigenvalue weighted by atomic mass is 10.1. The average molecular weight is 302 g/mol. The zero-order chi connectivity index (χ0) is 14.9. The van der Waals surface area contributed by atoms with E-state index in [0.29, 0.717) is 13.0 Å². The Morgan fingerprint density at radius 1 is 1.50 bits per heavy atom. The highest BCUT2D eigenvalue weighted by atomic mass is 32.2. The smallest absolute Gasteiger partial charge is 0.338 e. The monoisotopic (exact) mass is 302 g/mol. The van der Waals surface area contributed by atoms with Crippen LogP contribution in [0.25, 0.3) is 0 Å². The molecule has 2 unspecified atom stereocenters. The van der Waals surface area contributed by atoms with Gasteiger partial charge in [-0.1, -0.05) is 6.07 Å². The summed E-state index contributed by atoms with van der Waals surface area (Å²) in [5.41, 5.74) is -0.227. The number of halogens is 1. The molecule has 2 atom stereocenters. The summed E-state index contributed by atoms with van der Waals surface area (Å²) < 4.78 is 43.2. The molecule has 1 heterocycles. The van der Waals surface area contributed by atoms with Gasteiger partial charge in [0, 0.05) is 6.61 Å². The van der Waals surface area contributed by atoms with Crippen LogP contribution < -0.4 is 0 Å². The zero-order valence-electron chi connectivity index (χ0n) is 10.9. The van der Waals surface area contributed by atoms with E-state index in [9.17, 15) is 17.6 Å². The lowest BCUT2D eigenvalue weighted by Gasteiger charge is -2.15. The lowest BCUT2D eigenvalue weighted by Crippen LogP contribution is -2.29. The summed E-state index contributed by atoms with van der Waals surface area (Å²) in [5, 5.41) is 8.13. The molecule has 0 aliphatic carbocycles. The van der Waals surface area contributed by atoms with E-state index >= 15 is 0 Å². The van der Waals surface area contributed by atoms with Crippen molar-refractivity contribution >= 4 is 15.8 Å². The molecule has 1 aliphatic heterocycles. The Morgan fingerprint density at radius 3 is 2.70 bits per heavy atom. The molecule has 1 aromatic rings. The second kappa shape index (κ2) is 5.49. The Bertz CT molecular complexity index is 626. The molecule has 0 amide bonds. The van der Waals surface area contributed by atoms with Gasteiger partial charge in [-0.25, -0.2) is 17.6 Å². The molecule has 1 aromatic carbocycles. The van der Waals surface area contributed by atoms with Crippen LogP contribution >= 0.6 is 0 Å². The van der Waals surface area contributed by atoms with Crippen LogP contribution in [-0.4, -0.2) is 37.5 Å². The Balaban J connectivity index is 2.21. The predicted molar refractivity (Wildman–Crippen MR) is 69.8 cm³/mol. The maximum atomic E-state index is 13.5. The fourth-order valence-corrected chi connectivity index (χ4v) is 4.32. The van der Waals surface area contributed by atoms with Crippen molar-refractivity contribution in [2.24, 2.45) is 0 Å². The Kier molecular flexibility index (Phi) is 4.10. The van der Waals surface area contributed by atoms with Crippen LogP contribution in [-0.2, 0) is 20.3 Å². The summed E-state index contributed by atoms with van der Waals surface area (Å²) in [5.74, 6) is -2.63. The van der Waals surface area contributed by atoms with E-state index in [-0.39, 0.29) is 17.4 Å². The highest BCUT2D eigenvalue weighted by Gasteiger charge is 2.35. The highest BCUT2D eigenvalue weighted by Crippen LogP contribution is 2.24. The molecule has 5 nitrogen and oxygen atoms in total. The van der Waals surface area contributed by atoms with Gasteiger partial charge in [-0.3, -0.25) is 0 Å². The lowest BCUT2D eigenvalue weighted by molar-refractivity contribution is 0.0692. The summed E-state index contributed by atoms with van der Waals surface area (Å²) in [7, 11) is -3.45. The second-order valence-electron chi connectivity index (χ2n) is 4.83. The predicted octanol–water partition coefficient (Wildman–Crippen LogP) is 1.62. The fraction of sp³-hybridized carbons (Fsp3) is 0.462. The van der Waals surface area contributed by atoms with Gasteiger partial charge in [-0.15, -0.1) is 0 Å². The fourth-order valence-electron chi connectivity index (χ4n) is 2.34. The molecular weight excluding hydrogens is 287 g/mol. The standard InChI is InChI=1S/C13H15FO5S/c1-8-12(4-5-19-8)20(17,18)7-9-2-3-10(13(15)16)11(14)6-9/h2-3,6,8,12H,4-5,7H2,1H3,(H,15,16). The SMILES string of the molecule is CC1OCCC1S(=O)(=O)Cc1ccc(C(=O)O)c(F)c1. The van der Waals surface area contributed by atoms with Crippen LogP contribution in [0.5, 0.6) is 0 Å². The molecule has 20 heavy (non-hydrogen) atoms. The largest absolute Gasteiger partial charge is 0.478 e. The van der Waals surface area contributed by atoms with E-state index in [2.05, 4.69) is 0 Å². The summed E-state index contributed by atoms with van der Waals surface area (Å²) >= 11 is 0. The Labute approximate surface area is 116 Å². The number of sulfone groups is 1. The van der Waals surface area contributed by atoms with Crippen LogP contribution in [0.3, 0.4) is 0 Å². The molecule has 0 spiro atoms. The van der Waals surface area contributed by atoms with Crippen molar-refractivity contribution in [3.05, 3.63) is 35.1 Å². The molecule has 0 radical (unpaired) electrons. The van der Waals surface area contributed by atoms with E-state index in [4.69, 9.17) is 9.84 Å². The van der Waals surface area contributed by atoms with E-state index in [1.807, 2.05) is 0 Å². The summed E-state index contributed by atoms with van der Waals surface area (Å²) in [6, 6.07) is 3.36. The number of ether oxygens (including phenoxy) is 1. The highest BCUT2D eigenvalue weighted by molar-refractivity contribution is 7.91. The maximum absolute atomic E-state index is 13.5. The van der Waals surface area contributed by atoms with Gasteiger partial charge in [0.25, 0.3) is 0 Å². The van der Waals surface area contributed by atoms with Gasteiger partial charge in [0.05, 0.1) is 22.7 Å². The minimum absolute atomic E-state index is 0.242. The molecule has 1 fully saturated rings. The van der Waals surface area contributed by atoms with Crippen LogP contribution in [0, 0.1) is 5.82 Å². The third kappa shape index (κ3) is 2.99. The summed E-state index contributed by atoms with van der Waals surface area (Å²) in [4.78, 5) is 10.7. The number of carboxylic acid groups (broad SMARTS) is 1. The van der Waals surface area contributed by atoms with Gasteiger partial charge >= 0.3 is 5.97 Å². The minimum Gasteiger partial charge on any atom is -0.478 e. The van der Waals surface area contributed by atoms with Crippen LogP contribution in [0.2, 0.25) is 0 Å². The molecule has 0 saturated carbocycles. The third-order valence-corrected chi connectivity index (χ3v) is 5.68. The minimum atomic E-state index is -3.45. The molecule has 7 heteroatoms. The number of carbonyl (C=O) groups is 1. The van der Waals surface area contributed by atoms with Crippen molar-refractivity contribution in [3.63, 3.8) is 0 Å². The van der Waals surface area contributed by atoms with Gasteiger partial charge in [0.2, 0.25) is 0 Å². The average Bonchev–Trinajstić information content (AvgIpc) is 2.75. The van der Waals surface area contributed by atoms with Gasteiger partial charge < -0.3 is 9.84 Å². The molecule has 1 N–H and O–H groups in total. The molecule has 1 aliphatic rings. The first-order chi connectivity index (χ1) is 9.31. The van der Waals surface area contributed by atoms with Crippen molar-refractivity contribution in [1.82, 2.24) is 0 Å². The maximum Gasteiger partial charge on any atom is 0.338 e. The quantitative estimate of drug-likeness (QED) is 0.914. The van der Waals surface area contributed by atoms with E-state index in [0.717, 1.165) is 12.1 Å². The van der Waals surface area contributed by atoms with Crippen molar-refractivity contribution < 1.29 is 27.4 Å². The molecule has 110 valence electrons. The number of aromatic carboxylic acids is 1. The van der Waals surface area contributed by atoms with Crippen LogP contribution in [0.1, 0.15) is 29.3 Å². The topological polar surface area (TPSA) is 80.7 Å². The first-order valence-corrected chi connectivity index (χ1v) is 7.87. The summed E-state index contributed by atoms with van der Waals surface area (Å²) in [6.45, 7) is 2.10.